The van der Waals surface area contributed by atoms with Crippen LogP contribution in [0.4, 0.5) is 0 Å². The van der Waals surface area contributed by atoms with Crippen LogP contribution in [0.1, 0.15) is 16.9 Å². The average Bonchev–Trinajstić information content (AvgIpc) is 2.72. The Bertz CT molecular complexity index is 673. The Kier molecular flexibility index (Phi) is 2.84. The molecule has 1 aliphatic rings. The monoisotopic (exact) mass is 238 g/mol. The number of rotatable bonds is 0. The van der Waals surface area contributed by atoms with Crippen molar-refractivity contribution in [1.82, 2.24) is 0 Å². The predicted molar refractivity (Wildman–Crippen MR) is 71.0 cm³/mol. The summed E-state index contributed by atoms with van der Waals surface area (Å²) in [5.74, 6) is 12.6. The van der Waals surface area contributed by atoms with E-state index in [1.165, 1.54) is 10.1 Å². The maximum absolute atomic E-state index is 5.33. The zero-order valence-electron chi connectivity index (χ0n) is 9.25. The minimum Gasteiger partial charge on any atom is -0.368 e. The van der Waals surface area contributed by atoms with Gasteiger partial charge in [-0.2, -0.15) is 0 Å². The molecule has 0 bridgehead atoms. The lowest BCUT2D eigenvalue weighted by molar-refractivity contribution is 0.174. The van der Waals surface area contributed by atoms with E-state index in [1.807, 2.05) is 6.07 Å². The molecule has 0 saturated heterocycles. The van der Waals surface area contributed by atoms with Gasteiger partial charge in [-0.3, -0.25) is 0 Å². The summed E-state index contributed by atoms with van der Waals surface area (Å²) in [5, 5.41) is 1.22. The van der Waals surface area contributed by atoms with Crippen molar-refractivity contribution in [1.29, 1.82) is 0 Å². The number of benzene rings is 1. The quantitative estimate of drug-likeness (QED) is 0.641. The molecule has 0 fully saturated rings. The minimum atomic E-state index is 0.495. The first kappa shape index (κ1) is 10.4. The molecule has 0 aliphatic carbocycles. The summed E-state index contributed by atoms with van der Waals surface area (Å²) < 4.78 is 6.58. The second-order valence-corrected chi connectivity index (χ2v) is 4.76. The Morgan fingerprint density at radius 2 is 2.06 bits per heavy atom. The van der Waals surface area contributed by atoms with Crippen molar-refractivity contribution in [3.05, 3.63) is 34.7 Å². The number of hydrogen-bond acceptors (Lipinski definition) is 2. The summed E-state index contributed by atoms with van der Waals surface area (Å²) in [6.07, 6.45) is 0.769. The van der Waals surface area contributed by atoms with Crippen LogP contribution in [-0.2, 0) is 4.74 Å². The highest BCUT2D eigenvalue weighted by molar-refractivity contribution is 7.19. The molecule has 1 nitrogen and oxygen atoms in total. The highest BCUT2D eigenvalue weighted by Gasteiger charge is 2.07. The minimum absolute atomic E-state index is 0.495. The zero-order chi connectivity index (χ0) is 11.5. The molecule has 82 valence electrons. The summed E-state index contributed by atoms with van der Waals surface area (Å²) in [6, 6.07) is 8.33. The molecule has 1 aliphatic heterocycles. The summed E-state index contributed by atoms with van der Waals surface area (Å²) in [5.41, 5.74) is 1.08. The van der Waals surface area contributed by atoms with E-state index < -0.39 is 0 Å². The highest BCUT2D eigenvalue weighted by Crippen LogP contribution is 2.30. The molecule has 0 atom stereocenters. The van der Waals surface area contributed by atoms with Crippen molar-refractivity contribution >= 4 is 21.4 Å². The number of ether oxygens (including phenoxy) is 1. The van der Waals surface area contributed by atoms with E-state index in [2.05, 4.69) is 41.9 Å². The molecule has 0 amide bonds. The second kappa shape index (κ2) is 4.63. The zero-order valence-corrected chi connectivity index (χ0v) is 10.1. The lowest BCUT2D eigenvalue weighted by Gasteiger charge is -1.95. The third-order valence-electron chi connectivity index (χ3n) is 2.56. The summed E-state index contributed by atoms with van der Waals surface area (Å²) in [6.45, 7) is 1.16. The van der Waals surface area contributed by atoms with Crippen LogP contribution in [0, 0.1) is 23.7 Å². The van der Waals surface area contributed by atoms with E-state index in [0.717, 1.165) is 16.9 Å². The first-order valence-electron chi connectivity index (χ1n) is 5.52. The molecule has 2 heterocycles. The molecule has 0 spiro atoms. The van der Waals surface area contributed by atoms with Gasteiger partial charge in [0.2, 0.25) is 0 Å². The molecule has 1 aromatic heterocycles. The fourth-order valence-corrected chi connectivity index (χ4v) is 2.80. The van der Waals surface area contributed by atoms with E-state index in [0.29, 0.717) is 13.2 Å². The number of thiophene rings is 1. The summed E-state index contributed by atoms with van der Waals surface area (Å²) >= 11 is 1.71. The summed E-state index contributed by atoms with van der Waals surface area (Å²) in [7, 11) is 0. The van der Waals surface area contributed by atoms with Crippen LogP contribution in [0.5, 0.6) is 0 Å². The van der Waals surface area contributed by atoms with Gasteiger partial charge in [-0.25, -0.2) is 0 Å². The van der Waals surface area contributed by atoms with Gasteiger partial charge in [0.1, 0.15) is 6.61 Å². The molecule has 0 radical (unpaired) electrons. The fourth-order valence-electron chi connectivity index (χ4n) is 1.77. The molecule has 0 saturated carbocycles. The van der Waals surface area contributed by atoms with Gasteiger partial charge in [-0.15, -0.1) is 11.3 Å². The van der Waals surface area contributed by atoms with Crippen LogP contribution in [0.15, 0.2) is 24.3 Å². The maximum atomic E-state index is 5.33. The van der Waals surface area contributed by atoms with Gasteiger partial charge in [0.05, 0.1) is 17.0 Å². The van der Waals surface area contributed by atoms with Gasteiger partial charge in [0, 0.05) is 16.5 Å². The van der Waals surface area contributed by atoms with Crippen LogP contribution in [-0.4, -0.2) is 13.2 Å². The van der Waals surface area contributed by atoms with Gasteiger partial charge < -0.3 is 4.74 Å². The van der Waals surface area contributed by atoms with Crippen molar-refractivity contribution in [2.24, 2.45) is 0 Å². The topological polar surface area (TPSA) is 9.23 Å². The highest BCUT2D eigenvalue weighted by atomic mass is 32.1. The Morgan fingerprint density at radius 1 is 1.12 bits per heavy atom. The van der Waals surface area contributed by atoms with Gasteiger partial charge in [0.25, 0.3) is 0 Å². The van der Waals surface area contributed by atoms with Gasteiger partial charge in [0.15, 0.2) is 0 Å². The second-order valence-electron chi connectivity index (χ2n) is 3.71. The van der Waals surface area contributed by atoms with E-state index in [-0.39, 0.29) is 0 Å². The van der Waals surface area contributed by atoms with Crippen LogP contribution in [0.25, 0.3) is 10.1 Å². The van der Waals surface area contributed by atoms with Crippen molar-refractivity contribution in [3.63, 3.8) is 0 Å². The average molecular weight is 238 g/mol. The third kappa shape index (κ3) is 2.06. The van der Waals surface area contributed by atoms with Crippen LogP contribution < -0.4 is 0 Å². The molecular formula is C15H10OS. The first-order chi connectivity index (χ1) is 8.45. The predicted octanol–water partition coefficient (Wildman–Crippen LogP) is 3.02. The maximum Gasteiger partial charge on any atom is 0.108 e. The van der Waals surface area contributed by atoms with Gasteiger partial charge in [-0.05, 0) is 6.07 Å². The van der Waals surface area contributed by atoms with Crippen LogP contribution >= 0.6 is 11.3 Å². The molecule has 2 aromatic rings. The van der Waals surface area contributed by atoms with E-state index in [1.54, 1.807) is 11.3 Å². The lowest BCUT2D eigenvalue weighted by Crippen LogP contribution is -1.94. The molecule has 1 aromatic carbocycles. The summed E-state index contributed by atoms with van der Waals surface area (Å²) in [4.78, 5) is 1.06. The van der Waals surface area contributed by atoms with Crippen molar-refractivity contribution < 1.29 is 4.74 Å². The molecule has 0 unspecified atom stereocenters. The van der Waals surface area contributed by atoms with Crippen LogP contribution in [0.3, 0.4) is 0 Å². The first-order valence-corrected chi connectivity index (χ1v) is 6.34. The van der Waals surface area contributed by atoms with Gasteiger partial charge in [-0.1, -0.05) is 41.9 Å². The van der Waals surface area contributed by atoms with Crippen LogP contribution in [0.2, 0.25) is 0 Å². The Morgan fingerprint density at radius 3 is 3.06 bits per heavy atom. The smallest absolute Gasteiger partial charge is 0.108 e. The van der Waals surface area contributed by atoms with Crippen molar-refractivity contribution in [3.8, 4) is 23.7 Å². The molecular weight excluding hydrogens is 228 g/mol. The van der Waals surface area contributed by atoms with Gasteiger partial charge >= 0.3 is 0 Å². The van der Waals surface area contributed by atoms with E-state index in [4.69, 9.17) is 4.74 Å². The third-order valence-corrected chi connectivity index (χ3v) is 3.64. The molecule has 17 heavy (non-hydrogen) atoms. The normalized spacial score (nSPS) is 14.1. The largest absolute Gasteiger partial charge is 0.368 e. The number of fused-ring (bicyclic) bond motifs is 3. The van der Waals surface area contributed by atoms with Crippen molar-refractivity contribution in [2.45, 2.75) is 6.42 Å². The molecule has 0 N–H and O–H groups in total. The van der Waals surface area contributed by atoms with E-state index in [9.17, 15) is 0 Å². The van der Waals surface area contributed by atoms with E-state index >= 15 is 0 Å². The van der Waals surface area contributed by atoms with Crippen molar-refractivity contribution in [2.75, 3.05) is 13.2 Å². The lowest BCUT2D eigenvalue weighted by atomic mass is 10.1. The molecule has 3 rings (SSSR count). The fraction of sp³-hybridized carbons (Fsp3) is 0.200. The Labute approximate surface area is 104 Å². The Hall–Kier alpha value is -1.74. The SMILES string of the molecule is C1#Cc2c(sc3ccccc23)C#CCOCC1. The standard InChI is InChI=1S/C15H10OS/c1-2-8-14-12(6-1)13-7-3-4-10-16-11-5-9-15(13)17-14/h1-2,6,8H,4,10-11H2. The Balaban J connectivity index is 2.24. The number of hydrogen-bond donors (Lipinski definition) is 0. The molecule has 2 heteroatoms.